The molecule has 118 valence electrons. The zero-order valence-electron chi connectivity index (χ0n) is 13.4. The van der Waals surface area contributed by atoms with E-state index in [0.29, 0.717) is 19.7 Å². The van der Waals surface area contributed by atoms with Crippen molar-refractivity contribution < 1.29 is 9.13 Å². The van der Waals surface area contributed by atoms with Crippen molar-refractivity contribution in [2.24, 2.45) is 4.99 Å². The highest BCUT2D eigenvalue weighted by molar-refractivity contribution is 5.79. The minimum atomic E-state index is -0.215. The van der Waals surface area contributed by atoms with Crippen molar-refractivity contribution in [1.29, 1.82) is 0 Å². The summed E-state index contributed by atoms with van der Waals surface area (Å²) >= 11 is 0. The average Bonchev–Trinajstić information content (AvgIpc) is 2.45. The first-order valence-electron chi connectivity index (χ1n) is 7.26. The summed E-state index contributed by atoms with van der Waals surface area (Å²) < 4.78 is 18.0. The summed E-state index contributed by atoms with van der Waals surface area (Å²) in [6.45, 7) is 8.98. The van der Waals surface area contributed by atoms with Crippen LogP contribution in [-0.2, 0) is 10.2 Å². The lowest BCUT2D eigenvalue weighted by Gasteiger charge is -2.24. The lowest BCUT2D eigenvalue weighted by atomic mass is 9.85. The lowest BCUT2D eigenvalue weighted by molar-refractivity contribution is 0.203. The summed E-state index contributed by atoms with van der Waals surface area (Å²) in [6, 6.07) is 6.61. The standard InChI is InChI=1S/C16H26FN3O/c1-5-18-15(19-10-11-21-4)20-12-16(2,3)13-6-8-14(17)9-7-13/h6-9H,5,10-12H2,1-4H3,(H2,18,19,20). The minimum absolute atomic E-state index is 0.155. The van der Waals surface area contributed by atoms with Gasteiger partial charge in [0, 0.05) is 25.6 Å². The van der Waals surface area contributed by atoms with Gasteiger partial charge in [-0.3, -0.25) is 4.99 Å². The molecule has 21 heavy (non-hydrogen) atoms. The third-order valence-corrected chi connectivity index (χ3v) is 3.20. The van der Waals surface area contributed by atoms with Gasteiger partial charge in [-0.25, -0.2) is 4.39 Å². The molecule has 0 aliphatic rings. The highest BCUT2D eigenvalue weighted by Gasteiger charge is 2.20. The maximum atomic E-state index is 13.0. The zero-order chi connectivity index (χ0) is 15.7. The lowest BCUT2D eigenvalue weighted by Crippen LogP contribution is -2.40. The highest BCUT2D eigenvalue weighted by atomic mass is 19.1. The number of hydrogen-bond acceptors (Lipinski definition) is 2. The molecule has 0 fully saturated rings. The van der Waals surface area contributed by atoms with E-state index in [1.165, 1.54) is 12.1 Å². The van der Waals surface area contributed by atoms with E-state index in [-0.39, 0.29) is 11.2 Å². The van der Waals surface area contributed by atoms with Crippen LogP contribution in [-0.4, -0.2) is 39.3 Å². The molecule has 0 radical (unpaired) electrons. The van der Waals surface area contributed by atoms with Crippen molar-refractivity contribution >= 4 is 5.96 Å². The fourth-order valence-electron chi connectivity index (χ4n) is 1.88. The van der Waals surface area contributed by atoms with Crippen LogP contribution in [0.3, 0.4) is 0 Å². The Balaban J connectivity index is 2.69. The second-order valence-electron chi connectivity index (χ2n) is 5.51. The molecule has 0 amide bonds. The van der Waals surface area contributed by atoms with E-state index < -0.39 is 0 Å². The van der Waals surface area contributed by atoms with E-state index >= 15 is 0 Å². The third-order valence-electron chi connectivity index (χ3n) is 3.20. The van der Waals surface area contributed by atoms with Gasteiger partial charge >= 0.3 is 0 Å². The van der Waals surface area contributed by atoms with Gasteiger partial charge in [0.05, 0.1) is 13.2 Å². The zero-order valence-corrected chi connectivity index (χ0v) is 13.4. The quantitative estimate of drug-likeness (QED) is 0.461. The molecule has 0 bridgehead atoms. The number of benzene rings is 1. The molecular weight excluding hydrogens is 269 g/mol. The number of hydrogen-bond donors (Lipinski definition) is 2. The van der Waals surface area contributed by atoms with Crippen LogP contribution in [0.25, 0.3) is 0 Å². The smallest absolute Gasteiger partial charge is 0.191 e. The predicted octanol–water partition coefficient (Wildman–Crippen LogP) is 2.30. The Hall–Kier alpha value is -1.62. The molecule has 0 aliphatic carbocycles. The van der Waals surface area contributed by atoms with Crippen molar-refractivity contribution in [3.8, 4) is 0 Å². The molecule has 2 N–H and O–H groups in total. The first-order chi connectivity index (χ1) is 9.99. The van der Waals surface area contributed by atoms with E-state index in [0.717, 1.165) is 18.1 Å². The van der Waals surface area contributed by atoms with Gasteiger partial charge in [0.15, 0.2) is 5.96 Å². The molecule has 4 nitrogen and oxygen atoms in total. The van der Waals surface area contributed by atoms with Gasteiger partial charge in [0.2, 0.25) is 0 Å². The summed E-state index contributed by atoms with van der Waals surface area (Å²) in [5.41, 5.74) is 0.914. The Morgan fingerprint density at radius 1 is 1.24 bits per heavy atom. The maximum Gasteiger partial charge on any atom is 0.191 e. The van der Waals surface area contributed by atoms with Crippen molar-refractivity contribution in [3.05, 3.63) is 35.6 Å². The minimum Gasteiger partial charge on any atom is -0.383 e. The number of rotatable bonds is 7. The van der Waals surface area contributed by atoms with Crippen LogP contribution < -0.4 is 10.6 Å². The largest absolute Gasteiger partial charge is 0.383 e. The Labute approximate surface area is 126 Å². The van der Waals surface area contributed by atoms with Crippen LogP contribution in [0.4, 0.5) is 4.39 Å². The van der Waals surface area contributed by atoms with Gasteiger partial charge in [0.25, 0.3) is 0 Å². The molecule has 1 aromatic rings. The molecule has 1 rings (SSSR count). The summed E-state index contributed by atoms with van der Waals surface area (Å²) in [5.74, 6) is 0.553. The summed E-state index contributed by atoms with van der Waals surface area (Å²) in [7, 11) is 1.67. The molecule has 5 heteroatoms. The van der Waals surface area contributed by atoms with Crippen LogP contribution >= 0.6 is 0 Å². The van der Waals surface area contributed by atoms with Gasteiger partial charge in [0.1, 0.15) is 5.82 Å². The van der Waals surface area contributed by atoms with Crippen molar-refractivity contribution in [2.75, 3.05) is 33.4 Å². The van der Waals surface area contributed by atoms with Crippen LogP contribution in [0.15, 0.2) is 29.3 Å². The Kier molecular flexibility index (Phi) is 7.15. The molecule has 0 unspecified atom stereocenters. The SMILES string of the molecule is CCNC(=NCC(C)(C)c1ccc(F)cc1)NCCOC. The summed E-state index contributed by atoms with van der Waals surface area (Å²) in [6.07, 6.45) is 0. The van der Waals surface area contributed by atoms with Crippen molar-refractivity contribution in [2.45, 2.75) is 26.2 Å². The Morgan fingerprint density at radius 3 is 2.48 bits per heavy atom. The highest BCUT2D eigenvalue weighted by Crippen LogP contribution is 2.23. The summed E-state index contributed by atoms with van der Waals surface area (Å²) in [5, 5.41) is 6.41. The second kappa shape index (κ2) is 8.62. The number of nitrogens with one attached hydrogen (secondary N) is 2. The number of nitrogens with zero attached hydrogens (tertiary/aromatic N) is 1. The second-order valence-corrected chi connectivity index (χ2v) is 5.51. The Morgan fingerprint density at radius 2 is 1.90 bits per heavy atom. The first-order valence-corrected chi connectivity index (χ1v) is 7.26. The number of halogens is 1. The van der Waals surface area contributed by atoms with Gasteiger partial charge in [-0.1, -0.05) is 26.0 Å². The normalized spacial score (nSPS) is 12.3. The topological polar surface area (TPSA) is 45.7 Å². The number of aliphatic imine (C=N–C) groups is 1. The predicted molar refractivity (Wildman–Crippen MR) is 85.3 cm³/mol. The fraction of sp³-hybridized carbons (Fsp3) is 0.562. The monoisotopic (exact) mass is 295 g/mol. The fourth-order valence-corrected chi connectivity index (χ4v) is 1.88. The molecule has 0 spiro atoms. The molecule has 0 aromatic heterocycles. The summed E-state index contributed by atoms with van der Waals surface area (Å²) in [4.78, 5) is 4.60. The van der Waals surface area contributed by atoms with Crippen LogP contribution in [0.1, 0.15) is 26.3 Å². The van der Waals surface area contributed by atoms with Gasteiger partial charge < -0.3 is 15.4 Å². The molecule has 1 aromatic carbocycles. The molecule has 0 saturated carbocycles. The molecule has 0 aliphatic heterocycles. The molecular formula is C16H26FN3O. The first kappa shape index (κ1) is 17.4. The van der Waals surface area contributed by atoms with E-state index in [1.54, 1.807) is 7.11 Å². The molecule has 0 saturated heterocycles. The van der Waals surface area contributed by atoms with Crippen molar-refractivity contribution in [1.82, 2.24) is 10.6 Å². The van der Waals surface area contributed by atoms with E-state index in [4.69, 9.17) is 4.74 Å². The van der Waals surface area contributed by atoms with Crippen LogP contribution in [0.5, 0.6) is 0 Å². The number of methoxy groups -OCH3 is 1. The van der Waals surface area contributed by atoms with Gasteiger partial charge in [-0.05, 0) is 24.6 Å². The van der Waals surface area contributed by atoms with Crippen LogP contribution in [0, 0.1) is 5.82 Å². The molecule has 0 heterocycles. The van der Waals surface area contributed by atoms with Crippen LogP contribution in [0.2, 0.25) is 0 Å². The molecule has 0 atom stereocenters. The van der Waals surface area contributed by atoms with E-state index in [9.17, 15) is 4.39 Å². The average molecular weight is 295 g/mol. The maximum absolute atomic E-state index is 13.0. The Bertz CT molecular complexity index is 443. The van der Waals surface area contributed by atoms with Crippen molar-refractivity contribution in [3.63, 3.8) is 0 Å². The number of ether oxygens (including phenoxy) is 1. The third kappa shape index (κ3) is 6.12. The van der Waals surface area contributed by atoms with E-state index in [1.807, 2.05) is 19.1 Å². The number of guanidine groups is 1. The van der Waals surface area contributed by atoms with Gasteiger partial charge in [-0.15, -0.1) is 0 Å². The van der Waals surface area contributed by atoms with E-state index in [2.05, 4.69) is 29.5 Å². The van der Waals surface area contributed by atoms with Gasteiger partial charge in [-0.2, -0.15) is 0 Å².